The molecule has 0 spiro atoms. The molecule has 2 N–H and O–H groups in total. The van der Waals surface area contributed by atoms with Crippen molar-refractivity contribution in [1.29, 1.82) is 0 Å². The van der Waals surface area contributed by atoms with Crippen molar-refractivity contribution in [3.05, 3.63) is 23.8 Å². The van der Waals surface area contributed by atoms with Gasteiger partial charge in [-0.25, -0.2) is 0 Å². The molecule has 0 saturated heterocycles. The lowest BCUT2D eigenvalue weighted by Crippen LogP contribution is -2.20. The number of hydrogen-bond donors (Lipinski definition) is 1. The first-order valence-corrected chi connectivity index (χ1v) is 6.76. The Hall–Kier alpha value is -1.22. The zero-order valence-corrected chi connectivity index (χ0v) is 11.5. The average Bonchev–Trinajstić information content (AvgIpc) is 3.10. The van der Waals surface area contributed by atoms with E-state index in [1.165, 1.54) is 12.8 Å². The maximum absolute atomic E-state index is 6.33. The lowest BCUT2D eigenvalue weighted by atomic mass is 9.92. The fourth-order valence-corrected chi connectivity index (χ4v) is 2.17. The SMILES string of the molecule is CCOc1ccc(C(N)C2(C)CC2)cc1OCC. The van der Waals surface area contributed by atoms with E-state index in [0.717, 1.165) is 17.1 Å². The molecule has 0 bridgehead atoms. The van der Waals surface area contributed by atoms with Crippen LogP contribution in [0.2, 0.25) is 0 Å². The van der Waals surface area contributed by atoms with E-state index in [4.69, 9.17) is 15.2 Å². The highest BCUT2D eigenvalue weighted by atomic mass is 16.5. The first kappa shape index (κ1) is 13.2. The Balaban J connectivity index is 2.24. The normalized spacial score (nSPS) is 18.2. The molecule has 1 aliphatic rings. The van der Waals surface area contributed by atoms with E-state index in [1.54, 1.807) is 0 Å². The molecule has 2 rings (SSSR count). The monoisotopic (exact) mass is 249 g/mol. The minimum atomic E-state index is 0.0902. The summed E-state index contributed by atoms with van der Waals surface area (Å²) in [5, 5.41) is 0. The molecule has 0 heterocycles. The lowest BCUT2D eigenvalue weighted by molar-refractivity contribution is 0.287. The van der Waals surface area contributed by atoms with Crippen molar-refractivity contribution in [2.24, 2.45) is 11.1 Å². The van der Waals surface area contributed by atoms with Gasteiger partial charge in [0.05, 0.1) is 13.2 Å². The van der Waals surface area contributed by atoms with Crippen LogP contribution in [-0.4, -0.2) is 13.2 Å². The zero-order valence-electron chi connectivity index (χ0n) is 11.5. The predicted molar refractivity (Wildman–Crippen MR) is 73.0 cm³/mol. The highest BCUT2D eigenvalue weighted by Crippen LogP contribution is 2.53. The summed E-state index contributed by atoms with van der Waals surface area (Å²) in [6.45, 7) is 7.47. The highest BCUT2D eigenvalue weighted by molar-refractivity contribution is 5.44. The summed E-state index contributed by atoms with van der Waals surface area (Å²) >= 11 is 0. The Kier molecular flexibility index (Phi) is 3.81. The lowest BCUT2D eigenvalue weighted by Gasteiger charge is -2.21. The molecule has 0 aromatic heterocycles. The number of rotatable bonds is 6. The van der Waals surface area contributed by atoms with Gasteiger partial charge in [0.2, 0.25) is 0 Å². The molecule has 3 nitrogen and oxygen atoms in total. The zero-order chi connectivity index (χ0) is 13.2. The fraction of sp³-hybridized carbons (Fsp3) is 0.600. The molecule has 1 aromatic carbocycles. The van der Waals surface area contributed by atoms with Gasteiger partial charge in [0.1, 0.15) is 0 Å². The van der Waals surface area contributed by atoms with Gasteiger partial charge in [-0.2, -0.15) is 0 Å². The summed E-state index contributed by atoms with van der Waals surface area (Å²) in [6.07, 6.45) is 2.43. The molecule has 1 saturated carbocycles. The van der Waals surface area contributed by atoms with Gasteiger partial charge in [0, 0.05) is 6.04 Å². The van der Waals surface area contributed by atoms with Crippen LogP contribution in [0.1, 0.15) is 45.2 Å². The molecule has 1 aromatic rings. The molecule has 1 unspecified atom stereocenters. The van der Waals surface area contributed by atoms with E-state index in [1.807, 2.05) is 26.0 Å². The standard InChI is InChI=1S/C15H23NO2/c1-4-17-12-7-6-11(10-13(12)18-5-2)14(16)15(3)8-9-15/h6-7,10,14H,4-5,8-9,16H2,1-3H3. The van der Waals surface area contributed by atoms with Crippen molar-refractivity contribution in [3.63, 3.8) is 0 Å². The molecule has 0 radical (unpaired) electrons. The highest BCUT2D eigenvalue weighted by Gasteiger charge is 2.43. The van der Waals surface area contributed by atoms with Crippen LogP contribution >= 0.6 is 0 Å². The molecule has 0 amide bonds. The van der Waals surface area contributed by atoms with Crippen molar-refractivity contribution in [2.75, 3.05) is 13.2 Å². The van der Waals surface area contributed by atoms with Crippen LogP contribution in [0.5, 0.6) is 11.5 Å². The summed E-state index contributed by atoms with van der Waals surface area (Å²) in [6, 6.07) is 6.15. The second-order valence-corrected chi connectivity index (χ2v) is 5.20. The van der Waals surface area contributed by atoms with Gasteiger partial charge in [-0.3, -0.25) is 0 Å². The Bertz CT molecular complexity index is 413. The molecule has 1 aliphatic carbocycles. The number of benzene rings is 1. The van der Waals surface area contributed by atoms with Crippen LogP contribution in [0.4, 0.5) is 0 Å². The van der Waals surface area contributed by atoms with E-state index in [2.05, 4.69) is 13.0 Å². The van der Waals surface area contributed by atoms with Gasteiger partial charge in [-0.15, -0.1) is 0 Å². The van der Waals surface area contributed by atoms with E-state index in [0.29, 0.717) is 13.2 Å². The van der Waals surface area contributed by atoms with Crippen LogP contribution in [0, 0.1) is 5.41 Å². The second-order valence-electron chi connectivity index (χ2n) is 5.20. The van der Waals surface area contributed by atoms with E-state index >= 15 is 0 Å². The van der Waals surface area contributed by atoms with Crippen molar-refractivity contribution in [1.82, 2.24) is 0 Å². The Morgan fingerprint density at radius 2 is 1.78 bits per heavy atom. The molecule has 1 fully saturated rings. The predicted octanol–water partition coefficient (Wildman–Crippen LogP) is 3.28. The summed E-state index contributed by atoms with van der Waals surface area (Å²) in [4.78, 5) is 0. The number of ether oxygens (including phenoxy) is 2. The molecule has 18 heavy (non-hydrogen) atoms. The molecule has 1 atom stereocenters. The largest absolute Gasteiger partial charge is 0.490 e. The molecule has 100 valence electrons. The van der Waals surface area contributed by atoms with Crippen molar-refractivity contribution in [2.45, 2.75) is 39.7 Å². The van der Waals surface area contributed by atoms with Crippen LogP contribution in [-0.2, 0) is 0 Å². The van der Waals surface area contributed by atoms with Gasteiger partial charge in [-0.1, -0.05) is 13.0 Å². The smallest absolute Gasteiger partial charge is 0.161 e. The topological polar surface area (TPSA) is 44.5 Å². The number of nitrogens with two attached hydrogens (primary N) is 1. The average molecular weight is 249 g/mol. The maximum Gasteiger partial charge on any atom is 0.161 e. The second kappa shape index (κ2) is 5.19. The van der Waals surface area contributed by atoms with Gasteiger partial charge >= 0.3 is 0 Å². The maximum atomic E-state index is 6.33. The Labute approximate surface area is 109 Å². The Morgan fingerprint density at radius 3 is 2.33 bits per heavy atom. The van der Waals surface area contributed by atoms with Crippen molar-refractivity contribution < 1.29 is 9.47 Å². The van der Waals surface area contributed by atoms with Crippen molar-refractivity contribution in [3.8, 4) is 11.5 Å². The van der Waals surface area contributed by atoms with Gasteiger partial charge in [0.25, 0.3) is 0 Å². The van der Waals surface area contributed by atoms with Crippen LogP contribution < -0.4 is 15.2 Å². The number of hydrogen-bond acceptors (Lipinski definition) is 3. The van der Waals surface area contributed by atoms with Crippen LogP contribution in [0.3, 0.4) is 0 Å². The van der Waals surface area contributed by atoms with E-state index < -0.39 is 0 Å². The summed E-state index contributed by atoms with van der Waals surface area (Å²) < 4.78 is 11.2. The van der Waals surface area contributed by atoms with E-state index in [-0.39, 0.29) is 11.5 Å². The van der Waals surface area contributed by atoms with Gasteiger partial charge in [0.15, 0.2) is 11.5 Å². The molecule has 3 heteroatoms. The molecule has 0 aliphatic heterocycles. The van der Waals surface area contributed by atoms with Gasteiger partial charge in [-0.05, 0) is 49.8 Å². The third-order valence-electron chi connectivity index (χ3n) is 3.72. The first-order chi connectivity index (χ1) is 8.60. The fourth-order valence-electron chi connectivity index (χ4n) is 2.17. The molecular formula is C15H23NO2. The summed E-state index contributed by atoms with van der Waals surface area (Å²) in [5.41, 5.74) is 7.74. The summed E-state index contributed by atoms with van der Waals surface area (Å²) in [5.74, 6) is 1.60. The van der Waals surface area contributed by atoms with Crippen LogP contribution in [0.25, 0.3) is 0 Å². The minimum absolute atomic E-state index is 0.0902. The Morgan fingerprint density at radius 1 is 1.17 bits per heavy atom. The van der Waals surface area contributed by atoms with Gasteiger partial charge < -0.3 is 15.2 Å². The third kappa shape index (κ3) is 2.61. The van der Waals surface area contributed by atoms with E-state index in [9.17, 15) is 0 Å². The minimum Gasteiger partial charge on any atom is -0.490 e. The summed E-state index contributed by atoms with van der Waals surface area (Å²) in [7, 11) is 0. The first-order valence-electron chi connectivity index (χ1n) is 6.76. The van der Waals surface area contributed by atoms with Crippen molar-refractivity contribution >= 4 is 0 Å². The third-order valence-corrected chi connectivity index (χ3v) is 3.72. The quantitative estimate of drug-likeness (QED) is 0.841. The van der Waals surface area contributed by atoms with Crippen LogP contribution in [0.15, 0.2) is 18.2 Å². The molecular weight excluding hydrogens is 226 g/mol.